The second-order valence-electron chi connectivity index (χ2n) is 8.38. The molecule has 0 radical (unpaired) electrons. The summed E-state index contributed by atoms with van der Waals surface area (Å²) in [5, 5.41) is 9.73. The number of benzene rings is 2. The Labute approximate surface area is 189 Å². The maximum absolute atomic E-state index is 13.5. The van der Waals surface area contributed by atoms with E-state index < -0.39 is 18.1 Å². The first-order valence-electron chi connectivity index (χ1n) is 10.5. The smallest absolute Gasteiger partial charge is 0.249 e. The van der Waals surface area contributed by atoms with Crippen LogP contribution in [-0.4, -0.2) is 30.9 Å². The van der Waals surface area contributed by atoms with Gasteiger partial charge < -0.3 is 5.73 Å². The van der Waals surface area contributed by atoms with Crippen molar-refractivity contribution in [2.24, 2.45) is 5.73 Å². The van der Waals surface area contributed by atoms with Gasteiger partial charge in [-0.15, -0.1) is 5.10 Å². The number of hydrogen-bond donors (Lipinski definition) is 1. The highest BCUT2D eigenvalue weighted by molar-refractivity contribution is 5.95. The molecular formula is C25H21FN6O. The molecule has 5 rings (SSSR count). The number of primary amides is 1. The lowest BCUT2D eigenvalue weighted by molar-refractivity contribution is 0.0998. The molecule has 2 aromatic carbocycles. The largest absolute Gasteiger partial charge is 0.366 e. The number of carbonyl (C=O) groups is 1. The molecule has 0 spiro atoms. The minimum absolute atomic E-state index is 0.168. The zero-order chi connectivity index (χ0) is 23.2. The van der Waals surface area contributed by atoms with Gasteiger partial charge in [-0.1, -0.05) is 23.4 Å². The van der Waals surface area contributed by atoms with E-state index in [0.29, 0.717) is 22.4 Å². The van der Waals surface area contributed by atoms with Gasteiger partial charge in [0.1, 0.15) is 12.2 Å². The van der Waals surface area contributed by atoms with E-state index in [1.54, 1.807) is 29.1 Å². The normalized spacial score (nSPS) is 11.8. The molecule has 164 valence electrons. The summed E-state index contributed by atoms with van der Waals surface area (Å²) in [5.74, 6) is -0.660. The van der Waals surface area contributed by atoms with Gasteiger partial charge >= 0.3 is 0 Å². The molecule has 0 atom stereocenters. The van der Waals surface area contributed by atoms with E-state index in [0.717, 1.165) is 16.5 Å². The molecule has 8 heteroatoms. The van der Waals surface area contributed by atoms with Gasteiger partial charge in [0.25, 0.3) is 0 Å². The molecule has 2 N–H and O–H groups in total. The monoisotopic (exact) mass is 440 g/mol. The fraction of sp³-hybridized carbons (Fsp3) is 0.160. The lowest BCUT2D eigenvalue weighted by atomic mass is 9.93. The number of carbonyl (C=O) groups excluding carboxylic acids is 1. The van der Waals surface area contributed by atoms with Crippen molar-refractivity contribution in [3.8, 4) is 11.3 Å². The van der Waals surface area contributed by atoms with Crippen LogP contribution in [0.4, 0.5) is 4.39 Å². The second kappa shape index (κ2) is 7.74. The average molecular weight is 440 g/mol. The number of nitrogens with zero attached hydrogens (tertiary/aromatic N) is 5. The third-order valence-electron chi connectivity index (χ3n) is 5.95. The van der Waals surface area contributed by atoms with Gasteiger partial charge in [-0.05, 0) is 67.4 Å². The minimum atomic E-state index is -0.794. The SMILES string of the molecule is CC(C)(c1ccc2ncccc2c1)n1nnc2ccc(-c3ccc(C(N)=O)c(CF)c3)nc21. The van der Waals surface area contributed by atoms with Gasteiger partial charge in [0.05, 0.1) is 16.7 Å². The quantitative estimate of drug-likeness (QED) is 0.437. The predicted octanol–water partition coefficient (Wildman–Crippen LogP) is 4.39. The van der Waals surface area contributed by atoms with E-state index in [4.69, 9.17) is 10.7 Å². The Balaban J connectivity index is 1.61. The van der Waals surface area contributed by atoms with Crippen LogP contribution in [0, 0.1) is 0 Å². The van der Waals surface area contributed by atoms with Crippen LogP contribution in [0.1, 0.15) is 35.3 Å². The summed E-state index contributed by atoms with van der Waals surface area (Å²) in [5.41, 5.74) is 9.71. The van der Waals surface area contributed by atoms with Crippen LogP contribution in [0.3, 0.4) is 0 Å². The Bertz CT molecular complexity index is 1520. The van der Waals surface area contributed by atoms with Crippen LogP contribution in [0.15, 0.2) is 66.9 Å². The number of hydrogen-bond acceptors (Lipinski definition) is 5. The average Bonchev–Trinajstić information content (AvgIpc) is 3.27. The molecule has 1 amide bonds. The molecule has 0 saturated carbocycles. The molecule has 5 aromatic rings. The molecule has 0 aliphatic heterocycles. The number of nitrogens with two attached hydrogens (primary N) is 1. The molecule has 0 fully saturated rings. The summed E-state index contributed by atoms with van der Waals surface area (Å²) in [6.45, 7) is 3.31. The molecule has 33 heavy (non-hydrogen) atoms. The van der Waals surface area contributed by atoms with Crippen LogP contribution in [0.5, 0.6) is 0 Å². The number of alkyl halides is 1. The summed E-state index contributed by atoms with van der Waals surface area (Å²) >= 11 is 0. The van der Waals surface area contributed by atoms with Gasteiger partial charge in [-0.2, -0.15) is 0 Å². The van der Waals surface area contributed by atoms with E-state index >= 15 is 0 Å². The molecule has 3 aromatic heterocycles. The van der Waals surface area contributed by atoms with Crippen molar-refractivity contribution < 1.29 is 9.18 Å². The summed E-state index contributed by atoms with van der Waals surface area (Å²) in [4.78, 5) is 20.7. The van der Waals surface area contributed by atoms with E-state index in [1.165, 1.54) is 6.07 Å². The molecule has 7 nitrogen and oxygen atoms in total. The maximum atomic E-state index is 13.5. The second-order valence-corrected chi connectivity index (χ2v) is 8.38. The number of pyridine rings is 2. The number of fused-ring (bicyclic) bond motifs is 2. The predicted molar refractivity (Wildman–Crippen MR) is 124 cm³/mol. The zero-order valence-corrected chi connectivity index (χ0v) is 18.2. The Hall–Kier alpha value is -4.20. The first kappa shape index (κ1) is 20.7. The third kappa shape index (κ3) is 3.49. The molecule has 0 bridgehead atoms. The lowest BCUT2D eigenvalue weighted by Crippen LogP contribution is -2.29. The van der Waals surface area contributed by atoms with Gasteiger partial charge in [-0.25, -0.2) is 14.1 Å². The van der Waals surface area contributed by atoms with Crippen molar-refractivity contribution in [3.05, 3.63) is 83.6 Å². The first-order valence-corrected chi connectivity index (χ1v) is 10.5. The van der Waals surface area contributed by atoms with Crippen LogP contribution >= 0.6 is 0 Å². The van der Waals surface area contributed by atoms with Crippen molar-refractivity contribution in [2.75, 3.05) is 0 Å². The Morgan fingerprint density at radius 2 is 1.88 bits per heavy atom. The molecular weight excluding hydrogens is 419 g/mol. The molecule has 0 unspecified atom stereocenters. The van der Waals surface area contributed by atoms with E-state index in [9.17, 15) is 9.18 Å². The Kier molecular flexibility index (Phi) is 4.85. The number of aromatic nitrogens is 5. The maximum Gasteiger partial charge on any atom is 0.249 e. The highest BCUT2D eigenvalue weighted by Gasteiger charge is 2.27. The standard InChI is InChI=1S/C25H21FN6O/c1-25(2,18-6-8-20-15(13-18)4-3-11-28-20)32-24-22(30-31-32)10-9-21(29-24)16-5-7-19(23(27)33)17(12-16)14-26/h3-13H,14H2,1-2H3,(H2,27,33). The fourth-order valence-electron chi connectivity index (χ4n) is 4.03. The van der Waals surface area contributed by atoms with E-state index in [-0.39, 0.29) is 11.1 Å². The Morgan fingerprint density at radius 1 is 1.06 bits per heavy atom. The number of halogens is 1. The van der Waals surface area contributed by atoms with Gasteiger partial charge in [-0.3, -0.25) is 9.78 Å². The third-order valence-corrected chi connectivity index (χ3v) is 5.95. The van der Waals surface area contributed by atoms with Crippen LogP contribution in [0.25, 0.3) is 33.3 Å². The summed E-state index contributed by atoms with van der Waals surface area (Å²) in [7, 11) is 0. The van der Waals surface area contributed by atoms with Crippen molar-refractivity contribution in [1.82, 2.24) is 25.0 Å². The van der Waals surface area contributed by atoms with E-state index in [1.807, 2.05) is 30.3 Å². The van der Waals surface area contributed by atoms with Gasteiger partial charge in [0.2, 0.25) is 5.91 Å². The summed E-state index contributed by atoms with van der Waals surface area (Å²) in [6.07, 6.45) is 1.77. The van der Waals surface area contributed by atoms with Crippen LogP contribution in [-0.2, 0) is 12.2 Å². The van der Waals surface area contributed by atoms with Crippen LogP contribution in [0.2, 0.25) is 0 Å². The van der Waals surface area contributed by atoms with Crippen molar-refractivity contribution in [2.45, 2.75) is 26.1 Å². The van der Waals surface area contributed by atoms with Crippen molar-refractivity contribution >= 4 is 28.0 Å². The van der Waals surface area contributed by atoms with Crippen molar-refractivity contribution in [1.29, 1.82) is 0 Å². The highest BCUT2D eigenvalue weighted by Crippen LogP contribution is 2.31. The summed E-state index contributed by atoms with van der Waals surface area (Å²) in [6, 6.07) is 18.5. The van der Waals surface area contributed by atoms with Gasteiger partial charge in [0.15, 0.2) is 5.65 Å². The van der Waals surface area contributed by atoms with Gasteiger partial charge in [0, 0.05) is 22.7 Å². The molecule has 3 heterocycles. The molecule has 0 saturated heterocycles. The molecule has 0 aliphatic rings. The fourth-order valence-corrected chi connectivity index (χ4v) is 4.03. The highest BCUT2D eigenvalue weighted by atomic mass is 19.1. The topological polar surface area (TPSA) is 99.6 Å². The number of amides is 1. The van der Waals surface area contributed by atoms with Crippen molar-refractivity contribution in [3.63, 3.8) is 0 Å². The number of rotatable bonds is 5. The minimum Gasteiger partial charge on any atom is -0.366 e. The summed E-state index contributed by atoms with van der Waals surface area (Å²) < 4.78 is 15.3. The Morgan fingerprint density at radius 3 is 2.67 bits per heavy atom. The van der Waals surface area contributed by atoms with Crippen LogP contribution < -0.4 is 5.73 Å². The molecule has 0 aliphatic carbocycles. The first-order chi connectivity index (χ1) is 15.9. The zero-order valence-electron chi connectivity index (χ0n) is 18.2. The van der Waals surface area contributed by atoms with E-state index in [2.05, 4.69) is 35.2 Å². The lowest BCUT2D eigenvalue weighted by Gasteiger charge is -2.26.